The highest BCUT2D eigenvalue weighted by Gasteiger charge is 2.12. The van der Waals surface area contributed by atoms with Crippen molar-refractivity contribution < 1.29 is 4.74 Å². The zero-order valence-electron chi connectivity index (χ0n) is 13.9. The largest absolute Gasteiger partial charge is 0.385 e. The van der Waals surface area contributed by atoms with E-state index in [2.05, 4.69) is 34.3 Å². The summed E-state index contributed by atoms with van der Waals surface area (Å²) < 4.78 is 5.01. The van der Waals surface area contributed by atoms with Gasteiger partial charge in [0.1, 0.15) is 10.7 Å². The highest BCUT2D eigenvalue weighted by molar-refractivity contribution is 7.17. The molecule has 0 amide bonds. The molecule has 3 rings (SSSR count). The Morgan fingerprint density at radius 3 is 2.83 bits per heavy atom. The molecule has 2 aromatic heterocycles. The van der Waals surface area contributed by atoms with E-state index in [4.69, 9.17) is 4.74 Å². The molecule has 2 N–H and O–H groups in total. The Morgan fingerprint density at radius 2 is 2.08 bits per heavy atom. The molecule has 2 heterocycles. The molecule has 0 radical (unpaired) electrons. The quantitative estimate of drug-likeness (QED) is 0.647. The van der Waals surface area contributed by atoms with E-state index in [0.717, 1.165) is 35.5 Å². The number of H-pyrrole nitrogens is 1. The third kappa shape index (κ3) is 3.72. The smallest absolute Gasteiger partial charge is 0.260 e. The number of aromatic amines is 1. The van der Waals surface area contributed by atoms with Crippen LogP contribution in [0.15, 0.2) is 34.4 Å². The van der Waals surface area contributed by atoms with Gasteiger partial charge in [0, 0.05) is 24.7 Å². The Morgan fingerprint density at radius 1 is 1.29 bits per heavy atom. The van der Waals surface area contributed by atoms with Crippen LogP contribution in [0.5, 0.6) is 0 Å². The van der Waals surface area contributed by atoms with Gasteiger partial charge < -0.3 is 15.0 Å². The third-order valence-corrected chi connectivity index (χ3v) is 4.72. The number of methoxy groups -OCH3 is 1. The lowest BCUT2D eigenvalue weighted by Crippen LogP contribution is -2.20. The summed E-state index contributed by atoms with van der Waals surface area (Å²) in [5, 5.41) is 5.95. The topological polar surface area (TPSA) is 67.0 Å². The van der Waals surface area contributed by atoms with Crippen molar-refractivity contribution in [1.29, 1.82) is 0 Å². The van der Waals surface area contributed by atoms with E-state index in [-0.39, 0.29) is 5.56 Å². The van der Waals surface area contributed by atoms with E-state index in [1.54, 1.807) is 7.11 Å². The molecule has 24 heavy (non-hydrogen) atoms. The molecule has 3 aromatic rings. The lowest BCUT2D eigenvalue weighted by molar-refractivity contribution is 0.194. The van der Waals surface area contributed by atoms with Crippen LogP contribution in [0.25, 0.3) is 21.3 Å². The predicted octanol–water partition coefficient (Wildman–Crippen LogP) is 3.09. The first kappa shape index (κ1) is 16.8. The molecule has 0 saturated carbocycles. The van der Waals surface area contributed by atoms with E-state index >= 15 is 0 Å². The number of hydrogen-bond acceptors (Lipinski definition) is 5. The van der Waals surface area contributed by atoms with Gasteiger partial charge in [-0.2, -0.15) is 0 Å². The van der Waals surface area contributed by atoms with Gasteiger partial charge in [0.25, 0.3) is 5.56 Å². The summed E-state index contributed by atoms with van der Waals surface area (Å²) in [6, 6.07) is 8.20. The first-order valence-electron chi connectivity index (χ1n) is 7.96. The maximum absolute atomic E-state index is 12.5. The fraction of sp³-hybridized carbons (Fsp3) is 0.333. The number of aromatic nitrogens is 2. The van der Waals surface area contributed by atoms with Crippen LogP contribution in [0.4, 0.5) is 0 Å². The molecule has 0 unspecified atom stereocenters. The van der Waals surface area contributed by atoms with Crippen LogP contribution in [0.2, 0.25) is 0 Å². The molecule has 5 nitrogen and oxygen atoms in total. The Balaban J connectivity index is 1.83. The second kappa shape index (κ2) is 7.70. The number of aryl methyl sites for hydroxylation is 1. The predicted molar refractivity (Wildman–Crippen MR) is 98.6 cm³/mol. The van der Waals surface area contributed by atoms with Gasteiger partial charge in [-0.15, -0.1) is 11.3 Å². The van der Waals surface area contributed by atoms with E-state index in [1.165, 1.54) is 16.9 Å². The Kier molecular flexibility index (Phi) is 5.40. The van der Waals surface area contributed by atoms with Gasteiger partial charge in [-0.25, -0.2) is 4.98 Å². The van der Waals surface area contributed by atoms with Gasteiger partial charge in [-0.05, 0) is 25.5 Å². The first-order valence-corrected chi connectivity index (χ1v) is 8.84. The molecule has 0 saturated heterocycles. The van der Waals surface area contributed by atoms with Crippen molar-refractivity contribution in [3.63, 3.8) is 0 Å². The fourth-order valence-corrected chi connectivity index (χ4v) is 3.54. The maximum atomic E-state index is 12.5. The Labute approximate surface area is 144 Å². The summed E-state index contributed by atoms with van der Waals surface area (Å²) in [5.74, 6) is 0.669. The number of nitrogens with one attached hydrogen (secondary N) is 2. The zero-order chi connectivity index (χ0) is 16.9. The second-order valence-electron chi connectivity index (χ2n) is 5.73. The van der Waals surface area contributed by atoms with Crippen molar-refractivity contribution in [3.05, 3.63) is 51.4 Å². The van der Waals surface area contributed by atoms with Crippen molar-refractivity contribution in [2.75, 3.05) is 20.3 Å². The number of benzene rings is 1. The van der Waals surface area contributed by atoms with E-state index in [9.17, 15) is 4.79 Å². The van der Waals surface area contributed by atoms with Crippen molar-refractivity contribution in [1.82, 2.24) is 15.3 Å². The molecule has 6 heteroatoms. The Hall–Kier alpha value is -2.02. The molecule has 126 valence electrons. The minimum absolute atomic E-state index is 0.0782. The number of ether oxygens (including phenoxy) is 1. The number of thiophene rings is 1. The lowest BCUT2D eigenvalue weighted by atomic mass is 10.1. The number of fused-ring (bicyclic) bond motifs is 1. The van der Waals surface area contributed by atoms with E-state index in [0.29, 0.717) is 17.8 Å². The summed E-state index contributed by atoms with van der Waals surface area (Å²) >= 11 is 1.51. The second-order valence-corrected chi connectivity index (χ2v) is 6.59. The highest BCUT2D eigenvalue weighted by Crippen LogP contribution is 2.30. The maximum Gasteiger partial charge on any atom is 0.260 e. The van der Waals surface area contributed by atoms with E-state index in [1.807, 2.05) is 17.5 Å². The van der Waals surface area contributed by atoms with Crippen LogP contribution in [-0.4, -0.2) is 30.2 Å². The molecule has 0 atom stereocenters. The molecule has 1 aromatic carbocycles. The fourth-order valence-electron chi connectivity index (χ4n) is 2.57. The molecule has 0 bridgehead atoms. The van der Waals surface area contributed by atoms with Gasteiger partial charge in [-0.3, -0.25) is 4.79 Å². The standard InChI is InChI=1S/C18H21N3O2S/c1-12-4-6-13(7-5-12)14-11-24-18-16(14)17(22)20-15(21-18)10-19-8-3-9-23-2/h4-7,11,19H,3,8-10H2,1-2H3,(H,20,21,22). The average Bonchev–Trinajstić information content (AvgIpc) is 3.00. The summed E-state index contributed by atoms with van der Waals surface area (Å²) in [6.07, 6.45) is 0.930. The SMILES string of the molecule is COCCCNCc1nc2scc(-c3ccc(C)cc3)c2c(=O)[nH]1. The summed E-state index contributed by atoms with van der Waals surface area (Å²) in [4.78, 5) is 20.8. The van der Waals surface area contributed by atoms with E-state index < -0.39 is 0 Å². The monoisotopic (exact) mass is 343 g/mol. The first-order chi connectivity index (χ1) is 11.7. The third-order valence-electron chi connectivity index (χ3n) is 3.85. The van der Waals surface area contributed by atoms with Crippen LogP contribution in [0.3, 0.4) is 0 Å². The lowest BCUT2D eigenvalue weighted by Gasteiger charge is -2.05. The van der Waals surface area contributed by atoms with Crippen molar-refractivity contribution >= 4 is 21.6 Å². The van der Waals surface area contributed by atoms with Crippen LogP contribution in [-0.2, 0) is 11.3 Å². The average molecular weight is 343 g/mol. The van der Waals surface area contributed by atoms with Crippen LogP contribution in [0, 0.1) is 6.92 Å². The van der Waals surface area contributed by atoms with Gasteiger partial charge in [0.15, 0.2) is 0 Å². The van der Waals surface area contributed by atoms with Crippen molar-refractivity contribution in [2.24, 2.45) is 0 Å². The molecule has 0 fully saturated rings. The van der Waals surface area contributed by atoms with Crippen LogP contribution in [0.1, 0.15) is 17.8 Å². The van der Waals surface area contributed by atoms with Gasteiger partial charge in [0.2, 0.25) is 0 Å². The molecule has 0 spiro atoms. The minimum Gasteiger partial charge on any atom is -0.385 e. The molecular weight excluding hydrogens is 322 g/mol. The Bertz CT molecular complexity index is 868. The van der Waals surface area contributed by atoms with Crippen LogP contribution >= 0.6 is 11.3 Å². The van der Waals surface area contributed by atoms with Crippen molar-refractivity contribution in [2.45, 2.75) is 19.9 Å². The zero-order valence-corrected chi connectivity index (χ0v) is 14.7. The minimum atomic E-state index is -0.0782. The van der Waals surface area contributed by atoms with Gasteiger partial charge in [-0.1, -0.05) is 29.8 Å². The van der Waals surface area contributed by atoms with Crippen LogP contribution < -0.4 is 10.9 Å². The number of nitrogens with zero attached hydrogens (tertiary/aromatic N) is 1. The normalized spacial score (nSPS) is 11.2. The highest BCUT2D eigenvalue weighted by atomic mass is 32.1. The van der Waals surface area contributed by atoms with Gasteiger partial charge >= 0.3 is 0 Å². The molecule has 0 aliphatic rings. The number of rotatable bonds is 7. The summed E-state index contributed by atoms with van der Waals surface area (Å²) in [7, 11) is 1.69. The summed E-state index contributed by atoms with van der Waals surface area (Å²) in [6.45, 7) is 4.15. The summed E-state index contributed by atoms with van der Waals surface area (Å²) in [5.41, 5.74) is 3.12. The molecule has 0 aliphatic carbocycles. The van der Waals surface area contributed by atoms with Crippen molar-refractivity contribution in [3.8, 4) is 11.1 Å². The molecule has 0 aliphatic heterocycles. The molecular formula is C18H21N3O2S. The number of hydrogen-bond donors (Lipinski definition) is 2. The van der Waals surface area contributed by atoms with Gasteiger partial charge in [0.05, 0.1) is 11.9 Å².